The second-order valence-electron chi connectivity index (χ2n) is 3.41. The van der Waals surface area contributed by atoms with E-state index in [1.54, 1.807) is 12.5 Å². The highest BCUT2D eigenvalue weighted by Gasteiger charge is 2.14. The van der Waals surface area contributed by atoms with E-state index in [0.29, 0.717) is 6.54 Å². The summed E-state index contributed by atoms with van der Waals surface area (Å²) in [5.41, 5.74) is 5.40. The van der Waals surface area contributed by atoms with Gasteiger partial charge in [0.25, 0.3) is 5.91 Å². The molecule has 3 N–H and O–H groups in total. The van der Waals surface area contributed by atoms with E-state index >= 15 is 0 Å². The van der Waals surface area contributed by atoms with Crippen molar-refractivity contribution in [1.29, 1.82) is 0 Å². The number of carbonyl (C=O) groups excluding carboxylic acids is 1. The van der Waals surface area contributed by atoms with Gasteiger partial charge in [-0.05, 0) is 16.7 Å². The second kappa shape index (κ2) is 5.10. The van der Waals surface area contributed by atoms with Crippen LogP contribution in [-0.2, 0) is 6.54 Å². The monoisotopic (exact) mass is 236 g/mol. The minimum Gasteiger partial charge on any atom is -0.379 e. The minimum absolute atomic E-state index is 0.00268. The third-order valence-electron chi connectivity index (χ3n) is 2.17. The van der Waals surface area contributed by atoms with Crippen molar-refractivity contribution in [3.8, 4) is 0 Å². The van der Waals surface area contributed by atoms with Crippen LogP contribution in [0.3, 0.4) is 0 Å². The number of imidazole rings is 1. The third kappa shape index (κ3) is 2.80. The lowest BCUT2D eigenvalue weighted by Gasteiger charge is -2.03. The maximum Gasteiger partial charge on any atom is 0.277 e. The van der Waals surface area contributed by atoms with Crippen LogP contribution in [0.4, 0.5) is 5.82 Å². The van der Waals surface area contributed by atoms with Gasteiger partial charge < -0.3 is 15.6 Å². The van der Waals surface area contributed by atoms with Gasteiger partial charge in [-0.3, -0.25) is 4.79 Å². The summed E-state index contributed by atoms with van der Waals surface area (Å²) < 4.78 is 6.26. The highest BCUT2D eigenvalue weighted by molar-refractivity contribution is 5.95. The summed E-state index contributed by atoms with van der Waals surface area (Å²) in [7, 11) is 0. The molecule has 0 aliphatic rings. The molecule has 0 aliphatic heterocycles. The number of nitrogen functional groups attached to an aromatic ring is 1. The Labute approximate surface area is 96.8 Å². The molecule has 0 saturated heterocycles. The van der Waals surface area contributed by atoms with Gasteiger partial charge in [-0.25, -0.2) is 9.61 Å². The van der Waals surface area contributed by atoms with E-state index < -0.39 is 0 Å². The normalized spacial score (nSPS) is 10.4. The van der Waals surface area contributed by atoms with Gasteiger partial charge in [0.2, 0.25) is 11.5 Å². The van der Waals surface area contributed by atoms with Crippen LogP contribution in [0.5, 0.6) is 0 Å². The Hall–Kier alpha value is -2.38. The van der Waals surface area contributed by atoms with Crippen molar-refractivity contribution in [3.63, 3.8) is 0 Å². The van der Waals surface area contributed by atoms with Crippen LogP contribution in [0.15, 0.2) is 23.4 Å². The smallest absolute Gasteiger partial charge is 0.277 e. The lowest BCUT2D eigenvalue weighted by atomic mass is 10.3. The number of nitrogens with two attached hydrogens (primary N) is 1. The number of hydrogen-bond donors (Lipinski definition) is 2. The summed E-state index contributed by atoms with van der Waals surface area (Å²) in [6.07, 6.45) is 6.08. The average Bonchev–Trinajstić information content (AvgIpc) is 2.95. The van der Waals surface area contributed by atoms with E-state index in [1.807, 2.05) is 10.8 Å². The number of hydrogen-bond acceptors (Lipinski definition) is 6. The van der Waals surface area contributed by atoms with E-state index in [2.05, 4.69) is 25.2 Å². The Kier molecular flexibility index (Phi) is 3.34. The molecule has 90 valence electrons. The quantitative estimate of drug-likeness (QED) is 0.687. The first-order valence-electron chi connectivity index (χ1n) is 5.09. The Morgan fingerprint density at radius 2 is 2.41 bits per heavy atom. The standard InChI is InChI=1S/C9H12N6O2/c10-8-7(13-17-14-8)9(16)12-2-1-4-15-5-3-11-6-15/h3,5-6H,1-2,4H2,(H2,10,14)(H,12,16). The zero-order chi connectivity index (χ0) is 12.1. The lowest BCUT2D eigenvalue weighted by Crippen LogP contribution is -2.26. The average molecular weight is 236 g/mol. The SMILES string of the molecule is Nc1nonc1C(=O)NCCCn1ccnc1. The number of nitrogens with one attached hydrogen (secondary N) is 1. The zero-order valence-electron chi connectivity index (χ0n) is 9.04. The largest absolute Gasteiger partial charge is 0.379 e. The van der Waals surface area contributed by atoms with Crippen LogP contribution in [0, 0.1) is 0 Å². The van der Waals surface area contributed by atoms with Crippen LogP contribution in [0.2, 0.25) is 0 Å². The number of nitrogens with zero attached hydrogens (tertiary/aromatic N) is 4. The molecule has 8 heteroatoms. The number of amides is 1. The van der Waals surface area contributed by atoms with E-state index in [-0.39, 0.29) is 17.4 Å². The molecule has 0 aliphatic carbocycles. The van der Waals surface area contributed by atoms with Gasteiger partial charge in [-0.1, -0.05) is 0 Å². The molecule has 1 amide bonds. The minimum atomic E-state index is -0.380. The molecule has 0 spiro atoms. The van der Waals surface area contributed by atoms with Gasteiger partial charge in [0, 0.05) is 25.5 Å². The molecule has 0 fully saturated rings. The van der Waals surface area contributed by atoms with Crippen LogP contribution in [0.25, 0.3) is 0 Å². The molecule has 0 unspecified atom stereocenters. The fourth-order valence-corrected chi connectivity index (χ4v) is 1.32. The van der Waals surface area contributed by atoms with Gasteiger partial charge in [0.1, 0.15) is 0 Å². The number of carbonyl (C=O) groups is 1. The van der Waals surface area contributed by atoms with Crippen LogP contribution >= 0.6 is 0 Å². The number of anilines is 1. The van der Waals surface area contributed by atoms with Crippen LogP contribution < -0.4 is 11.1 Å². The van der Waals surface area contributed by atoms with Crippen molar-refractivity contribution < 1.29 is 9.42 Å². The van der Waals surface area contributed by atoms with E-state index in [0.717, 1.165) is 13.0 Å². The van der Waals surface area contributed by atoms with Gasteiger partial charge in [0.05, 0.1) is 6.33 Å². The van der Waals surface area contributed by atoms with E-state index in [1.165, 1.54) is 0 Å². The summed E-state index contributed by atoms with van der Waals surface area (Å²) >= 11 is 0. The fraction of sp³-hybridized carbons (Fsp3) is 0.333. The van der Waals surface area contributed by atoms with Gasteiger partial charge in [0.15, 0.2) is 0 Å². The molecule has 2 heterocycles. The Balaban J connectivity index is 1.72. The number of aryl methyl sites for hydroxylation is 1. The summed E-state index contributed by atoms with van der Waals surface area (Å²) in [4.78, 5) is 15.4. The van der Waals surface area contributed by atoms with Gasteiger partial charge >= 0.3 is 0 Å². The molecule has 0 atom stereocenters. The molecule has 2 aromatic rings. The predicted molar refractivity (Wildman–Crippen MR) is 57.9 cm³/mol. The third-order valence-corrected chi connectivity index (χ3v) is 2.17. The Morgan fingerprint density at radius 1 is 1.53 bits per heavy atom. The number of rotatable bonds is 5. The van der Waals surface area contributed by atoms with Crippen molar-refractivity contribution in [2.75, 3.05) is 12.3 Å². The first-order valence-corrected chi connectivity index (χ1v) is 5.09. The van der Waals surface area contributed by atoms with Gasteiger partial charge in [-0.15, -0.1) is 0 Å². The number of aromatic nitrogens is 4. The van der Waals surface area contributed by atoms with Crippen molar-refractivity contribution in [1.82, 2.24) is 25.2 Å². The molecule has 0 bridgehead atoms. The highest BCUT2D eigenvalue weighted by atomic mass is 16.6. The van der Waals surface area contributed by atoms with Crippen molar-refractivity contribution in [3.05, 3.63) is 24.4 Å². The first kappa shape index (κ1) is 11.1. The van der Waals surface area contributed by atoms with Crippen molar-refractivity contribution in [2.45, 2.75) is 13.0 Å². The maximum absolute atomic E-state index is 11.5. The molecule has 2 aromatic heterocycles. The molecular formula is C9H12N6O2. The molecule has 0 radical (unpaired) electrons. The molecule has 0 aromatic carbocycles. The summed E-state index contributed by atoms with van der Waals surface area (Å²) in [6, 6.07) is 0. The molecular weight excluding hydrogens is 224 g/mol. The molecule has 8 nitrogen and oxygen atoms in total. The lowest BCUT2D eigenvalue weighted by molar-refractivity contribution is 0.0943. The first-order chi connectivity index (χ1) is 8.27. The van der Waals surface area contributed by atoms with Gasteiger partial charge in [-0.2, -0.15) is 0 Å². The van der Waals surface area contributed by atoms with Crippen molar-refractivity contribution >= 4 is 11.7 Å². The van der Waals surface area contributed by atoms with Crippen LogP contribution in [0.1, 0.15) is 16.9 Å². The van der Waals surface area contributed by atoms with Crippen molar-refractivity contribution in [2.24, 2.45) is 0 Å². The molecule has 0 saturated carbocycles. The second-order valence-corrected chi connectivity index (χ2v) is 3.41. The highest BCUT2D eigenvalue weighted by Crippen LogP contribution is 2.02. The Morgan fingerprint density at radius 3 is 3.06 bits per heavy atom. The molecule has 2 rings (SSSR count). The zero-order valence-corrected chi connectivity index (χ0v) is 9.04. The predicted octanol–water partition coefficient (Wildman–Crippen LogP) is -0.332. The Bertz CT molecular complexity index is 477. The summed E-state index contributed by atoms with van der Waals surface area (Å²) in [6.45, 7) is 1.30. The fourth-order valence-electron chi connectivity index (χ4n) is 1.32. The molecule has 17 heavy (non-hydrogen) atoms. The van der Waals surface area contributed by atoms with E-state index in [9.17, 15) is 4.79 Å². The van der Waals surface area contributed by atoms with Crippen LogP contribution in [-0.4, -0.2) is 32.3 Å². The maximum atomic E-state index is 11.5. The summed E-state index contributed by atoms with van der Waals surface area (Å²) in [5.74, 6) is -0.383. The summed E-state index contributed by atoms with van der Waals surface area (Å²) in [5, 5.41) is 9.40. The topological polar surface area (TPSA) is 112 Å². The van der Waals surface area contributed by atoms with E-state index in [4.69, 9.17) is 5.73 Å².